The first kappa shape index (κ1) is 13.2. The van der Waals surface area contributed by atoms with Crippen LogP contribution < -0.4 is 5.32 Å². The number of carbonyl (C=O) groups excluding carboxylic acids is 1. The number of rotatable bonds is 3. The molecule has 0 saturated heterocycles. The second-order valence-corrected chi connectivity index (χ2v) is 3.94. The summed E-state index contributed by atoms with van der Waals surface area (Å²) in [7, 11) is 0. The Morgan fingerprint density at radius 2 is 1.95 bits per heavy atom. The van der Waals surface area contributed by atoms with Crippen LogP contribution in [0.15, 0.2) is 42.5 Å². The summed E-state index contributed by atoms with van der Waals surface area (Å²) >= 11 is 0. The summed E-state index contributed by atoms with van der Waals surface area (Å²) in [5.74, 6) is -2.33. The molecule has 0 unspecified atom stereocenters. The number of halogens is 2. The van der Waals surface area contributed by atoms with Gasteiger partial charge in [0.2, 0.25) is 0 Å². The van der Waals surface area contributed by atoms with Crippen molar-refractivity contribution in [2.24, 2.45) is 0 Å². The molecule has 2 N–H and O–H groups in total. The molecule has 0 bridgehead atoms. The van der Waals surface area contributed by atoms with Crippen LogP contribution in [0.5, 0.6) is 0 Å². The van der Waals surface area contributed by atoms with Crippen LogP contribution in [0.25, 0.3) is 0 Å². The highest BCUT2D eigenvalue weighted by molar-refractivity contribution is 6.04. The lowest BCUT2D eigenvalue weighted by Crippen LogP contribution is -2.14. The van der Waals surface area contributed by atoms with E-state index in [0.29, 0.717) is 17.3 Å². The van der Waals surface area contributed by atoms with Gasteiger partial charge in [-0.3, -0.25) is 4.79 Å². The van der Waals surface area contributed by atoms with Crippen molar-refractivity contribution in [2.45, 2.75) is 6.61 Å². The third-order valence-electron chi connectivity index (χ3n) is 2.54. The van der Waals surface area contributed by atoms with Crippen molar-refractivity contribution in [3.05, 3.63) is 65.2 Å². The zero-order valence-corrected chi connectivity index (χ0v) is 9.86. The molecule has 0 spiro atoms. The first-order valence-corrected chi connectivity index (χ1v) is 5.56. The van der Waals surface area contributed by atoms with E-state index >= 15 is 0 Å². The first-order valence-electron chi connectivity index (χ1n) is 5.56. The molecule has 5 heteroatoms. The fraction of sp³-hybridized carbons (Fsp3) is 0.0714. The molecule has 2 aromatic carbocycles. The van der Waals surface area contributed by atoms with E-state index in [-0.39, 0.29) is 12.2 Å². The number of amides is 1. The standard InChI is InChI=1S/C14H11F2NO2/c15-10-4-5-12(13(16)7-10)14(19)17-11-3-1-2-9(6-11)8-18/h1-7,18H,8H2,(H,17,19). The molecular weight excluding hydrogens is 252 g/mol. The zero-order valence-electron chi connectivity index (χ0n) is 9.86. The number of hydrogen-bond donors (Lipinski definition) is 2. The Balaban J connectivity index is 2.20. The minimum atomic E-state index is -0.921. The number of benzene rings is 2. The number of nitrogens with one attached hydrogen (secondary N) is 1. The Morgan fingerprint density at radius 1 is 1.16 bits per heavy atom. The Hall–Kier alpha value is -2.27. The number of hydrogen-bond acceptors (Lipinski definition) is 2. The summed E-state index contributed by atoms with van der Waals surface area (Å²) in [5.41, 5.74) is 0.813. The van der Waals surface area contributed by atoms with E-state index in [1.807, 2.05) is 0 Å². The van der Waals surface area contributed by atoms with E-state index in [9.17, 15) is 13.6 Å². The zero-order chi connectivity index (χ0) is 13.8. The van der Waals surface area contributed by atoms with Crippen LogP contribution in [0.3, 0.4) is 0 Å². The van der Waals surface area contributed by atoms with Gasteiger partial charge in [0.1, 0.15) is 11.6 Å². The van der Waals surface area contributed by atoms with Crippen LogP contribution in [0.1, 0.15) is 15.9 Å². The highest BCUT2D eigenvalue weighted by Gasteiger charge is 2.12. The monoisotopic (exact) mass is 263 g/mol. The largest absolute Gasteiger partial charge is 0.392 e. The Kier molecular flexibility index (Phi) is 3.87. The highest BCUT2D eigenvalue weighted by atomic mass is 19.1. The van der Waals surface area contributed by atoms with E-state index in [4.69, 9.17) is 5.11 Å². The number of carbonyl (C=O) groups is 1. The maximum atomic E-state index is 13.4. The van der Waals surface area contributed by atoms with Crippen molar-refractivity contribution in [1.29, 1.82) is 0 Å². The van der Waals surface area contributed by atoms with Gasteiger partial charge in [0.25, 0.3) is 5.91 Å². The molecule has 0 aliphatic heterocycles. The van der Waals surface area contributed by atoms with Crippen molar-refractivity contribution in [3.63, 3.8) is 0 Å². The van der Waals surface area contributed by atoms with E-state index < -0.39 is 17.5 Å². The molecule has 2 rings (SSSR count). The number of anilines is 1. The number of aliphatic hydroxyl groups excluding tert-OH is 1. The molecule has 2 aromatic rings. The van der Waals surface area contributed by atoms with E-state index in [1.165, 1.54) is 0 Å². The van der Waals surface area contributed by atoms with E-state index in [0.717, 1.165) is 12.1 Å². The SMILES string of the molecule is O=C(Nc1cccc(CO)c1)c1ccc(F)cc1F. The first-order chi connectivity index (χ1) is 9.10. The van der Waals surface area contributed by atoms with Crippen LogP contribution >= 0.6 is 0 Å². The smallest absolute Gasteiger partial charge is 0.258 e. The van der Waals surface area contributed by atoms with Gasteiger partial charge >= 0.3 is 0 Å². The lowest BCUT2D eigenvalue weighted by atomic mass is 10.1. The van der Waals surface area contributed by atoms with Gasteiger partial charge in [-0.25, -0.2) is 8.78 Å². The highest BCUT2D eigenvalue weighted by Crippen LogP contribution is 2.14. The third-order valence-corrected chi connectivity index (χ3v) is 2.54. The summed E-state index contributed by atoms with van der Waals surface area (Å²) in [4.78, 5) is 11.8. The lowest BCUT2D eigenvalue weighted by molar-refractivity contribution is 0.102. The summed E-state index contributed by atoms with van der Waals surface area (Å²) in [6, 6.07) is 9.27. The van der Waals surface area contributed by atoms with Gasteiger partial charge in [-0.1, -0.05) is 12.1 Å². The van der Waals surface area contributed by atoms with Gasteiger partial charge in [-0.15, -0.1) is 0 Å². The van der Waals surface area contributed by atoms with Gasteiger partial charge in [-0.2, -0.15) is 0 Å². The maximum Gasteiger partial charge on any atom is 0.258 e. The van der Waals surface area contributed by atoms with Crippen molar-refractivity contribution in [3.8, 4) is 0 Å². The molecule has 0 fully saturated rings. The fourth-order valence-electron chi connectivity index (χ4n) is 1.62. The second kappa shape index (κ2) is 5.58. The van der Waals surface area contributed by atoms with E-state index in [1.54, 1.807) is 24.3 Å². The Labute approximate surface area is 108 Å². The molecule has 19 heavy (non-hydrogen) atoms. The van der Waals surface area contributed by atoms with Gasteiger partial charge in [-0.05, 0) is 29.8 Å². The van der Waals surface area contributed by atoms with Crippen molar-refractivity contribution < 1.29 is 18.7 Å². The van der Waals surface area contributed by atoms with Crippen LogP contribution in [0, 0.1) is 11.6 Å². The molecular formula is C14H11F2NO2. The van der Waals surface area contributed by atoms with Crippen LogP contribution in [0.2, 0.25) is 0 Å². The quantitative estimate of drug-likeness (QED) is 0.894. The average molecular weight is 263 g/mol. The van der Waals surface area contributed by atoms with Crippen molar-refractivity contribution in [1.82, 2.24) is 0 Å². The molecule has 0 atom stereocenters. The van der Waals surface area contributed by atoms with Crippen molar-refractivity contribution in [2.75, 3.05) is 5.32 Å². The molecule has 0 aromatic heterocycles. The predicted molar refractivity (Wildman–Crippen MR) is 66.7 cm³/mol. The van der Waals surface area contributed by atoms with Crippen LogP contribution in [0.4, 0.5) is 14.5 Å². The molecule has 0 saturated carbocycles. The van der Waals surface area contributed by atoms with Crippen LogP contribution in [-0.2, 0) is 6.61 Å². The summed E-state index contributed by atoms with van der Waals surface area (Å²) in [6.07, 6.45) is 0. The minimum absolute atomic E-state index is 0.158. The van der Waals surface area contributed by atoms with Gasteiger partial charge in [0.05, 0.1) is 12.2 Å². The summed E-state index contributed by atoms with van der Waals surface area (Å²) in [6.45, 7) is -0.158. The van der Waals surface area contributed by atoms with Crippen molar-refractivity contribution >= 4 is 11.6 Å². The van der Waals surface area contributed by atoms with E-state index in [2.05, 4.69) is 5.32 Å². The number of aliphatic hydroxyl groups is 1. The Morgan fingerprint density at radius 3 is 2.63 bits per heavy atom. The molecule has 3 nitrogen and oxygen atoms in total. The molecule has 0 aliphatic rings. The topological polar surface area (TPSA) is 49.3 Å². The van der Waals surface area contributed by atoms with Gasteiger partial charge < -0.3 is 10.4 Å². The Bertz CT molecular complexity index is 614. The lowest BCUT2D eigenvalue weighted by Gasteiger charge is -2.07. The minimum Gasteiger partial charge on any atom is -0.392 e. The molecule has 1 amide bonds. The third kappa shape index (κ3) is 3.14. The van der Waals surface area contributed by atoms with Gasteiger partial charge in [0.15, 0.2) is 0 Å². The average Bonchev–Trinajstić information content (AvgIpc) is 2.38. The van der Waals surface area contributed by atoms with Crippen LogP contribution in [-0.4, -0.2) is 11.0 Å². The molecule has 98 valence electrons. The molecule has 0 radical (unpaired) electrons. The fourth-order valence-corrected chi connectivity index (χ4v) is 1.62. The van der Waals surface area contributed by atoms with Gasteiger partial charge in [0, 0.05) is 11.8 Å². The molecule has 0 heterocycles. The molecule has 0 aliphatic carbocycles. The summed E-state index contributed by atoms with van der Waals surface area (Å²) in [5, 5.41) is 11.5. The summed E-state index contributed by atoms with van der Waals surface area (Å²) < 4.78 is 26.1. The predicted octanol–water partition coefficient (Wildman–Crippen LogP) is 2.71. The second-order valence-electron chi connectivity index (χ2n) is 3.94. The maximum absolute atomic E-state index is 13.4. The normalized spacial score (nSPS) is 10.3.